The van der Waals surface area contributed by atoms with Gasteiger partial charge in [-0.2, -0.15) is 0 Å². The second-order valence-electron chi connectivity index (χ2n) is 4.46. The molecular formula is C11H13N5O2S2. The predicted octanol–water partition coefficient (Wildman–Crippen LogP) is 2.14. The number of aryl methyl sites for hydroxylation is 1. The Morgan fingerprint density at radius 2 is 2.40 bits per heavy atom. The van der Waals surface area contributed by atoms with Gasteiger partial charge in [-0.05, 0) is 19.8 Å². The Morgan fingerprint density at radius 1 is 1.55 bits per heavy atom. The zero-order valence-corrected chi connectivity index (χ0v) is 12.4. The number of aromatic nitrogens is 3. The van der Waals surface area contributed by atoms with Gasteiger partial charge in [-0.25, -0.2) is 0 Å². The third-order valence-electron chi connectivity index (χ3n) is 2.53. The van der Waals surface area contributed by atoms with Crippen LogP contribution in [0.3, 0.4) is 0 Å². The van der Waals surface area contributed by atoms with Crippen LogP contribution in [0.5, 0.6) is 0 Å². The molecule has 0 unspecified atom stereocenters. The van der Waals surface area contributed by atoms with Crippen LogP contribution in [0.2, 0.25) is 0 Å². The molecule has 0 atom stereocenters. The predicted molar refractivity (Wildman–Crippen MR) is 77.1 cm³/mol. The van der Waals surface area contributed by atoms with E-state index >= 15 is 0 Å². The van der Waals surface area contributed by atoms with Crippen molar-refractivity contribution in [1.29, 1.82) is 0 Å². The maximum atomic E-state index is 11.7. The van der Waals surface area contributed by atoms with Crippen molar-refractivity contribution in [1.82, 2.24) is 15.4 Å². The van der Waals surface area contributed by atoms with Crippen LogP contribution in [0.25, 0.3) is 0 Å². The molecule has 0 aliphatic heterocycles. The van der Waals surface area contributed by atoms with Crippen LogP contribution in [-0.2, 0) is 4.79 Å². The van der Waals surface area contributed by atoms with Gasteiger partial charge in [0.1, 0.15) is 0 Å². The van der Waals surface area contributed by atoms with Crippen LogP contribution in [0.15, 0.2) is 14.9 Å². The van der Waals surface area contributed by atoms with Gasteiger partial charge in [-0.3, -0.25) is 10.1 Å². The molecule has 1 amide bonds. The van der Waals surface area contributed by atoms with Crippen LogP contribution >= 0.6 is 23.1 Å². The quantitative estimate of drug-likeness (QED) is 0.789. The largest absolute Gasteiger partial charge is 0.357 e. The summed E-state index contributed by atoms with van der Waals surface area (Å²) in [6.45, 7) is 1.80. The monoisotopic (exact) mass is 311 g/mol. The molecule has 0 saturated heterocycles. The number of thioether (sulfide) groups is 1. The maximum Gasteiger partial charge on any atom is 0.237 e. The summed E-state index contributed by atoms with van der Waals surface area (Å²) in [5, 5.41) is 18.5. The lowest BCUT2D eigenvalue weighted by Gasteiger charge is -1.98. The summed E-state index contributed by atoms with van der Waals surface area (Å²) in [6.07, 6.45) is 2.39. The molecule has 9 heteroatoms. The van der Waals surface area contributed by atoms with Gasteiger partial charge in [0.2, 0.25) is 16.9 Å². The number of nitrogens with zero attached hydrogens (tertiary/aromatic N) is 3. The van der Waals surface area contributed by atoms with E-state index in [0.29, 0.717) is 11.9 Å². The average molecular weight is 311 g/mol. The highest BCUT2D eigenvalue weighted by molar-refractivity contribution is 8.01. The van der Waals surface area contributed by atoms with Gasteiger partial charge in [0.15, 0.2) is 4.34 Å². The smallest absolute Gasteiger partial charge is 0.237 e. The first-order valence-electron chi connectivity index (χ1n) is 6.15. The first kappa shape index (κ1) is 13.4. The lowest BCUT2D eigenvalue weighted by Crippen LogP contribution is -2.13. The molecule has 2 aromatic heterocycles. The highest BCUT2D eigenvalue weighted by atomic mass is 32.2. The molecule has 1 aliphatic carbocycles. The van der Waals surface area contributed by atoms with E-state index in [9.17, 15) is 4.79 Å². The fourth-order valence-electron chi connectivity index (χ4n) is 1.45. The van der Waals surface area contributed by atoms with Crippen molar-refractivity contribution in [3.63, 3.8) is 0 Å². The number of hydrogen-bond acceptors (Lipinski definition) is 8. The molecule has 20 heavy (non-hydrogen) atoms. The van der Waals surface area contributed by atoms with Gasteiger partial charge < -0.3 is 9.84 Å². The Bertz CT molecular complexity index is 607. The minimum Gasteiger partial charge on any atom is -0.357 e. The topological polar surface area (TPSA) is 92.9 Å². The molecule has 0 aromatic carbocycles. The third kappa shape index (κ3) is 3.70. The maximum absolute atomic E-state index is 11.7. The second kappa shape index (κ2) is 5.80. The molecule has 0 spiro atoms. The van der Waals surface area contributed by atoms with E-state index in [1.165, 1.54) is 35.9 Å². The zero-order valence-electron chi connectivity index (χ0n) is 10.8. The molecule has 3 rings (SSSR count). The number of amides is 1. The van der Waals surface area contributed by atoms with Crippen LogP contribution in [0.1, 0.15) is 18.5 Å². The number of rotatable bonds is 6. The van der Waals surface area contributed by atoms with E-state index in [0.717, 1.165) is 15.2 Å². The summed E-state index contributed by atoms with van der Waals surface area (Å²) in [5.74, 6) is 0.470. The van der Waals surface area contributed by atoms with Gasteiger partial charge >= 0.3 is 0 Å². The number of anilines is 2. The Morgan fingerprint density at radius 3 is 3.10 bits per heavy atom. The molecule has 0 bridgehead atoms. The van der Waals surface area contributed by atoms with E-state index in [2.05, 4.69) is 26.0 Å². The van der Waals surface area contributed by atoms with Crippen LogP contribution in [0.4, 0.5) is 11.0 Å². The lowest BCUT2D eigenvalue weighted by molar-refractivity contribution is -0.113. The van der Waals surface area contributed by atoms with Crippen LogP contribution in [-0.4, -0.2) is 33.1 Å². The lowest BCUT2D eigenvalue weighted by atomic mass is 10.5. The van der Waals surface area contributed by atoms with Crippen molar-refractivity contribution in [3.05, 3.63) is 11.8 Å². The van der Waals surface area contributed by atoms with E-state index in [1.54, 1.807) is 13.0 Å². The SMILES string of the molecule is Cc1cc(NC(=O)CSc2nnc(NC3CC3)s2)on1. The molecule has 2 aromatic rings. The Balaban J connectivity index is 1.45. The third-order valence-corrected chi connectivity index (χ3v) is 4.52. The summed E-state index contributed by atoms with van der Waals surface area (Å²) in [4.78, 5) is 11.7. The second-order valence-corrected chi connectivity index (χ2v) is 6.66. The summed E-state index contributed by atoms with van der Waals surface area (Å²) in [5.41, 5.74) is 0.730. The number of nitrogens with one attached hydrogen (secondary N) is 2. The van der Waals surface area contributed by atoms with Crippen LogP contribution < -0.4 is 10.6 Å². The summed E-state index contributed by atoms with van der Waals surface area (Å²) >= 11 is 2.82. The summed E-state index contributed by atoms with van der Waals surface area (Å²) in [7, 11) is 0. The van der Waals surface area contributed by atoms with Gasteiger partial charge in [0.25, 0.3) is 0 Å². The summed E-state index contributed by atoms with van der Waals surface area (Å²) < 4.78 is 5.69. The van der Waals surface area contributed by atoms with E-state index in [1.807, 2.05) is 0 Å². The van der Waals surface area contributed by atoms with E-state index in [-0.39, 0.29) is 11.7 Å². The van der Waals surface area contributed by atoms with Crippen molar-refractivity contribution < 1.29 is 9.32 Å². The first-order valence-corrected chi connectivity index (χ1v) is 7.95. The average Bonchev–Trinajstić information content (AvgIpc) is 2.95. The van der Waals surface area contributed by atoms with Crippen LogP contribution in [0, 0.1) is 6.92 Å². The number of carbonyl (C=O) groups excluding carboxylic acids is 1. The first-order chi connectivity index (χ1) is 9.69. The van der Waals surface area contributed by atoms with Gasteiger partial charge in [0, 0.05) is 12.1 Å². The molecular weight excluding hydrogens is 298 g/mol. The van der Waals surface area contributed by atoms with Crippen molar-refractivity contribution in [2.45, 2.75) is 30.1 Å². The van der Waals surface area contributed by atoms with Crippen molar-refractivity contribution in [3.8, 4) is 0 Å². The zero-order chi connectivity index (χ0) is 13.9. The molecule has 7 nitrogen and oxygen atoms in total. The molecule has 1 saturated carbocycles. The molecule has 106 valence electrons. The fourth-order valence-corrected chi connectivity index (χ4v) is 3.08. The minimum atomic E-state index is -0.155. The van der Waals surface area contributed by atoms with Crippen molar-refractivity contribution in [2.75, 3.05) is 16.4 Å². The highest BCUT2D eigenvalue weighted by Gasteiger charge is 2.22. The van der Waals surface area contributed by atoms with Gasteiger partial charge in [-0.1, -0.05) is 28.3 Å². The normalized spacial score (nSPS) is 14.2. The van der Waals surface area contributed by atoms with Crippen molar-refractivity contribution >= 4 is 40.0 Å². The van der Waals surface area contributed by atoms with Gasteiger partial charge in [-0.15, -0.1) is 10.2 Å². The Labute approximate surface area is 123 Å². The molecule has 1 aliphatic rings. The Kier molecular flexibility index (Phi) is 3.88. The number of hydrogen-bond donors (Lipinski definition) is 2. The number of carbonyl (C=O) groups is 1. The molecule has 2 N–H and O–H groups in total. The van der Waals surface area contributed by atoms with E-state index in [4.69, 9.17) is 4.52 Å². The van der Waals surface area contributed by atoms with Crippen molar-refractivity contribution in [2.24, 2.45) is 0 Å². The minimum absolute atomic E-state index is 0.155. The molecule has 0 radical (unpaired) electrons. The van der Waals surface area contributed by atoms with Gasteiger partial charge in [0.05, 0.1) is 11.4 Å². The molecule has 1 fully saturated rings. The standard InChI is InChI=1S/C11H13N5O2S2/c1-6-4-9(18-16-6)13-8(17)5-19-11-15-14-10(20-11)12-7-2-3-7/h4,7H,2-3,5H2,1H3,(H,12,14)(H,13,17). The summed E-state index contributed by atoms with van der Waals surface area (Å²) in [6, 6.07) is 2.23. The van der Waals surface area contributed by atoms with E-state index < -0.39 is 0 Å². The molecule has 2 heterocycles. The Hall–Kier alpha value is -1.61. The highest BCUT2D eigenvalue weighted by Crippen LogP contribution is 2.30. The fraction of sp³-hybridized carbons (Fsp3) is 0.455.